The second-order valence-corrected chi connectivity index (χ2v) is 5.01. The number of hydrogen-bond acceptors (Lipinski definition) is 3. The summed E-state index contributed by atoms with van der Waals surface area (Å²) in [6, 6.07) is 5.58. The molecule has 4 heteroatoms. The molecule has 1 atom stereocenters. The second-order valence-electron chi connectivity index (χ2n) is 3.30. The summed E-state index contributed by atoms with van der Waals surface area (Å²) in [6.07, 6.45) is 0. The van der Waals surface area contributed by atoms with Crippen LogP contribution in [0.3, 0.4) is 0 Å². The third-order valence-corrected chi connectivity index (χ3v) is 3.72. The Labute approximate surface area is 93.0 Å². The molecule has 0 saturated carbocycles. The Balaban J connectivity index is 3.16. The van der Waals surface area contributed by atoms with E-state index in [0.29, 0.717) is 11.5 Å². The van der Waals surface area contributed by atoms with Crippen LogP contribution in [0.25, 0.3) is 0 Å². The Kier molecular flexibility index (Phi) is 4.17. The predicted molar refractivity (Wildman–Crippen MR) is 62.1 cm³/mol. The van der Waals surface area contributed by atoms with Crippen LogP contribution in [0.2, 0.25) is 0 Å². The fourth-order valence-electron chi connectivity index (χ4n) is 1.28. The molecule has 0 aliphatic carbocycles. The van der Waals surface area contributed by atoms with Crippen molar-refractivity contribution in [1.82, 2.24) is 0 Å². The zero-order valence-electron chi connectivity index (χ0n) is 9.15. The van der Waals surface area contributed by atoms with E-state index in [1.165, 1.54) is 0 Å². The standard InChI is InChI=1S/C11H15NO2S/c1-4-15(14)11-7-10(9(3)12-13)6-5-8(11)2/h5-7,13H,4H2,1-3H3/b12-9+. The van der Waals surface area contributed by atoms with E-state index in [2.05, 4.69) is 5.16 Å². The molecule has 0 saturated heterocycles. The van der Waals surface area contributed by atoms with Crippen molar-refractivity contribution < 1.29 is 9.76 Å². The maximum Gasteiger partial charge on any atom is 0.156 e. The lowest BCUT2D eigenvalue weighted by atomic mass is 10.1. The number of benzene rings is 1. The summed E-state index contributed by atoms with van der Waals surface area (Å²) < 4.78 is 11.7. The molecule has 15 heavy (non-hydrogen) atoms. The number of nitrogens with zero attached hydrogens (tertiary/aromatic N) is 1. The lowest BCUT2D eigenvalue weighted by molar-refractivity contribution is 0.319. The summed E-state index contributed by atoms with van der Waals surface area (Å²) in [4.78, 5) is 0.818. The Morgan fingerprint density at radius 3 is 2.73 bits per heavy atom. The molecule has 0 amide bonds. The minimum atomic E-state index is -0.967. The summed E-state index contributed by atoms with van der Waals surface area (Å²) in [6.45, 7) is 5.52. The van der Waals surface area contributed by atoms with Crippen molar-refractivity contribution in [3.63, 3.8) is 0 Å². The lowest BCUT2D eigenvalue weighted by Crippen LogP contribution is -2.07. The van der Waals surface area contributed by atoms with Crippen molar-refractivity contribution in [3.8, 4) is 0 Å². The molecule has 1 N–H and O–H groups in total. The Morgan fingerprint density at radius 1 is 1.53 bits per heavy atom. The highest BCUT2D eigenvalue weighted by atomic mass is 32.2. The summed E-state index contributed by atoms with van der Waals surface area (Å²) in [7, 11) is 0. The molecule has 0 bridgehead atoms. The van der Waals surface area contributed by atoms with E-state index in [1.807, 2.05) is 32.0 Å². The minimum absolute atomic E-state index is 0.532. The van der Waals surface area contributed by atoms with Gasteiger partial charge in [-0.15, -0.1) is 0 Å². The average Bonchev–Trinajstić information content (AvgIpc) is 2.27. The molecule has 3 nitrogen and oxygen atoms in total. The van der Waals surface area contributed by atoms with Gasteiger partial charge in [0.05, 0.1) is 5.71 Å². The van der Waals surface area contributed by atoms with Crippen LogP contribution < -0.4 is 0 Å². The van der Waals surface area contributed by atoms with E-state index in [9.17, 15) is 4.55 Å². The molecule has 0 radical (unpaired) electrons. The van der Waals surface area contributed by atoms with Crippen LogP contribution in [-0.2, 0) is 11.2 Å². The quantitative estimate of drug-likeness (QED) is 0.371. The molecule has 0 aromatic heterocycles. The average molecular weight is 225 g/mol. The first kappa shape index (κ1) is 12.1. The van der Waals surface area contributed by atoms with E-state index in [0.717, 1.165) is 16.0 Å². The number of oxime groups is 1. The second kappa shape index (κ2) is 5.19. The molecule has 0 fully saturated rings. The van der Waals surface area contributed by atoms with Gasteiger partial charge in [-0.2, -0.15) is 0 Å². The van der Waals surface area contributed by atoms with E-state index >= 15 is 0 Å². The fourth-order valence-corrected chi connectivity index (χ4v) is 2.28. The summed E-state index contributed by atoms with van der Waals surface area (Å²) in [5, 5.41) is 11.8. The minimum Gasteiger partial charge on any atom is -0.611 e. The predicted octanol–water partition coefficient (Wildman–Crippen LogP) is 2.32. The zero-order valence-corrected chi connectivity index (χ0v) is 9.97. The van der Waals surface area contributed by atoms with Crippen molar-refractivity contribution in [3.05, 3.63) is 29.3 Å². The van der Waals surface area contributed by atoms with Gasteiger partial charge in [-0.3, -0.25) is 0 Å². The SMILES string of the molecule is CC[S+]([O-])c1cc(/C(C)=N/O)ccc1C. The van der Waals surface area contributed by atoms with Gasteiger partial charge in [0.2, 0.25) is 0 Å². The van der Waals surface area contributed by atoms with Crippen molar-refractivity contribution in [2.24, 2.45) is 5.16 Å². The molecule has 0 aliphatic rings. The monoisotopic (exact) mass is 225 g/mol. The molecule has 1 aromatic rings. The van der Waals surface area contributed by atoms with Gasteiger partial charge in [0, 0.05) is 17.2 Å². The van der Waals surface area contributed by atoms with Crippen LogP contribution in [0.15, 0.2) is 28.3 Å². The normalized spacial score (nSPS) is 14.0. The highest BCUT2D eigenvalue weighted by Gasteiger charge is 2.13. The van der Waals surface area contributed by atoms with Gasteiger partial charge in [-0.05, 0) is 31.9 Å². The van der Waals surface area contributed by atoms with Gasteiger partial charge in [-0.25, -0.2) is 0 Å². The summed E-state index contributed by atoms with van der Waals surface area (Å²) >= 11 is -0.967. The molecule has 1 unspecified atom stereocenters. The van der Waals surface area contributed by atoms with Crippen molar-refractivity contribution in [2.75, 3.05) is 5.75 Å². The van der Waals surface area contributed by atoms with E-state index in [1.54, 1.807) is 6.92 Å². The molecule has 1 rings (SSSR count). The lowest BCUT2D eigenvalue weighted by Gasteiger charge is -2.11. The molecular weight excluding hydrogens is 210 g/mol. The van der Waals surface area contributed by atoms with Crippen molar-refractivity contribution in [2.45, 2.75) is 25.7 Å². The van der Waals surface area contributed by atoms with E-state index in [4.69, 9.17) is 5.21 Å². The third kappa shape index (κ3) is 2.73. The number of rotatable bonds is 3. The van der Waals surface area contributed by atoms with E-state index < -0.39 is 11.2 Å². The topological polar surface area (TPSA) is 55.7 Å². The molecule has 0 heterocycles. The fraction of sp³-hybridized carbons (Fsp3) is 0.364. The van der Waals surface area contributed by atoms with Crippen molar-refractivity contribution >= 4 is 16.9 Å². The van der Waals surface area contributed by atoms with E-state index in [-0.39, 0.29) is 0 Å². The Hall–Kier alpha value is -1.00. The third-order valence-electron chi connectivity index (χ3n) is 2.26. The summed E-state index contributed by atoms with van der Waals surface area (Å²) in [5.74, 6) is 0.597. The molecule has 1 aromatic carbocycles. The molecule has 0 aliphatic heterocycles. The Bertz CT molecular complexity index is 377. The zero-order chi connectivity index (χ0) is 11.4. The first-order valence-corrected chi connectivity index (χ1v) is 6.10. The highest BCUT2D eigenvalue weighted by molar-refractivity contribution is 7.91. The molecule has 82 valence electrons. The van der Waals surface area contributed by atoms with Gasteiger partial charge in [-0.1, -0.05) is 17.3 Å². The maximum absolute atomic E-state index is 11.7. The van der Waals surface area contributed by atoms with Crippen molar-refractivity contribution in [1.29, 1.82) is 0 Å². The number of hydrogen-bond donors (Lipinski definition) is 1. The van der Waals surface area contributed by atoms with Crippen LogP contribution in [-0.4, -0.2) is 21.2 Å². The smallest absolute Gasteiger partial charge is 0.156 e. The van der Waals surface area contributed by atoms with Crippen LogP contribution in [0.5, 0.6) is 0 Å². The molecular formula is C11H15NO2S. The largest absolute Gasteiger partial charge is 0.611 e. The first-order valence-electron chi connectivity index (χ1n) is 4.78. The van der Waals surface area contributed by atoms with Gasteiger partial charge in [0.1, 0.15) is 5.75 Å². The van der Waals surface area contributed by atoms with Crippen LogP contribution in [0.4, 0.5) is 0 Å². The first-order chi connectivity index (χ1) is 7.10. The van der Waals surface area contributed by atoms with Crippen LogP contribution in [0, 0.1) is 6.92 Å². The Morgan fingerprint density at radius 2 is 2.20 bits per heavy atom. The number of aryl methyl sites for hydroxylation is 1. The van der Waals surface area contributed by atoms with Crippen LogP contribution in [0.1, 0.15) is 25.0 Å². The van der Waals surface area contributed by atoms with Gasteiger partial charge in [0.25, 0.3) is 0 Å². The van der Waals surface area contributed by atoms with Gasteiger partial charge < -0.3 is 9.76 Å². The van der Waals surface area contributed by atoms with Crippen LogP contribution >= 0.6 is 0 Å². The van der Waals surface area contributed by atoms with Gasteiger partial charge >= 0.3 is 0 Å². The maximum atomic E-state index is 11.7. The molecule has 0 spiro atoms. The highest BCUT2D eigenvalue weighted by Crippen LogP contribution is 2.18. The van der Waals surface area contributed by atoms with Gasteiger partial charge in [0.15, 0.2) is 4.90 Å². The summed E-state index contributed by atoms with van der Waals surface area (Å²) in [5.41, 5.74) is 2.34.